The predicted molar refractivity (Wildman–Crippen MR) is 100 cm³/mol. The van der Waals surface area contributed by atoms with Crippen LogP contribution in [-0.2, 0) is 0 Å². The molecular formula is C20H26N4O2. The summed E-state index contributed by atoms with van der Waals surface area (Å²) in [5.41, 5.74) is 1.20. The van der Waals surface area contributed by atoms with E-state index in [9.17, 15) is 4.79 Å². The van der Waals surface area contributed by atoms with Crippen LogP contribution >= 0.6 is 0 Å². The standard InChI is InChI=1S/C20H26N4O2/c25-20(22-16-8-14-4-7-23(12-14)13-16)17-10-18-15(11-21-17)9-19(26-18)24-5-2-1-3-6-24/h9-11,14,16H,1-8,12-13H2,(H,22,25)/t14?,16-/m1/s1. The number of hydrogen-bond donors (Lipinski definition) is 1. The molecule has 1 amide bonds. The van der Waals surface area contributed by atoms with E-state index in [4.69, 9.17) is 4.42 Å². The van der Waals surface area contributed by atoms with Crippen LogP contribution in [0.25, 0.3) is 11.0 Å². The summed E-state index contributed by atoms with van der Waals surface area (Å²) < 4.78 is 6.03. The lowest BCUT2D eigenvalue weighted by Gasteiger charge is -2.30. The summed E-state index contributed by atoms with van der Waals surface area (Å²) in [4.78, 5) is 21.8. The fraction of sp³-hybridized carbons (Fsp3) is 0.600. The Morgan fingerprint density at radius 1 is 1.15 bits per heavy atom. The second kappa shape index (κ2) is 6.58. The number of nitrogens with one attached hydrogen (secondary N) is 1. The number of piperidine rings is 2. The van der Waals surface area contributed by atoms with E-state index in [1.165, 1.54) is 38.8 Å². The molecule has 0 spiro atoms. The maximum atomic E-state index is 12.7. The first-order chi connectivity index (χ1) is 12.7. The molecule has 3 fully saturated rings. The number of carbonyl (C=O) groups is 1. The average molecular weight is 354 g/mol. The maximum absolute atomic E-state index is 12.7. The second-order valence-corrected chi connectivity index (χ2v) is 8.06. The molecule has 2 unspecified atom stereocenters. The Labute approximate surface area is 153 Å². The Bertz CT molecular complexity index is 799. The molecule has 2 aromatic heterocycles. The van der Waals surface area contributed by atoms with Gasteiger partial charge in [-0.2, -0.15) is 0 Å². The molecule has 2 aromatic rings. The van der Waals surface area contributed by atoms with Crippen LogP contribution in [-0.4, -0.2) is 54.6 Å². The lowest BCUT2D eigenvalue weighted by atomic mass is 9.97. The zero-order chi connectivity index (χ0) is 17.5. The number of aromatic nitrogens is 1. The lowest BCUT2D eigenvalue weighted by Crippen LogP contribution is -2.47. The molecule has 0 radical (unpaired) electrons. The van der Waals surface area contributed by atoms with Crippen molar-refractivity contribution in [1.82, 2.24) is 15.2 Å². The van der Waals surface area contributed by atoms with Crippen LogP contribution < -0.4 is 10.2 Å². The summed E-state index contributed by atoms with van der Waals surface area (Å²) in [5, 5.41) is 4.14. The lowest BCUT2D eigenvalue weighted by molar-refractivity contribution is 0.0904. The van der Waals surface area contributed by atoms with E-state index >= 15 is 0 Å². The molecule has 5 rings (SSSR count). The van der Waals surface area contributed by atoms with E-state index in [1.54, 1.807) is 12.3 Å². The number of rotatable bonds is 3. The van der Waals surface area contributed by atoms with Gasteiger partial charge in [-0.3, -0.25) is 9.78 Å². The highest BCUT2D eigenvalue weighted by atomic mass is 16.4. The maximum Gasteiger partial charge on any atom is 0.270 e. The zero-order valence-electron chi connectivity index (χ0n) is 15.1. The Hall–Kier alpha value is -2.08. The van der Waals surface area contributed by atoms with E-state index in [0.29, 0.717) is 5.69 Å². The Morgan fingerprint density at radius 2 is 2.04 bits per heavy atom. The third-order valence-corrected chi connectivity index (χ3v) is 6.09. The van der Waals surface area contributed by atoms with Crippen molar-refractivity contribution in [3.8, 4) is 0 Å². The molecule has 5 heterocycles. The van der Waals surface area contributed by atoms with Gasteiger partial charge in [0.25, 0.3) is 5.91 Å². The normalized spacial score (nSPS) is 28.5. The topological polar surface area (TPSA) is 61.6 Å². The van der Waals surface area contributed by atoms with Crippen LogP contribution in [0.5, 0.6) is 0 Å². The molecule has 3 saturated heterocycles. The van der Waals surface area contributed by atoms with Crippen molar-refractivity contribution in [1.29, 1.82) is 0 Å². The number of fused-ring (bicyclic) bond motifs is 3. The van der Waals surface area contributed by atoms with Gasteiger partial charge in [-0.25, -0.2) is 0 Å². The molecular weight excluding hydrogens is 328 g/mol. The van der Waals surface area contributed by atoms with Crippen molar-refractivity contribution in [2.24, 2.45) is 5.92 Å². The van der Waals surface area contributed by atoms with E-state index in [2.05, 4.69) is 20.1 Å². The third-order valence-electron chi connectivity index (χ3n) is 6.09. The van der Waals surface area contributed by atoms with Gasteiger partial charge < -0.3 is 19.5 Å². The number of furan rings is 1. The molecule has 0 aliphatic carbocycles. The molecule has 26 heavy (non-hydrogen) atoms. The van der Waals surface area contributed by atoms with E-state index < -0.39 is 0 Å². The fourth-order valence-electron chi connectivity index (χ4n) is 4.74. The quantitative estimate of drug-likeness (QED) is 0.918. The summed E-state index contributed by atoms with van der Waals surface area (Å²) in [7, 11) is 0. The van der Waals surface area contributed by atoms with Gasteiger partial charge in [0.1, 0.15) is 11.3 Å². The highest BCUT2D eigenvalue weighted by molar-refractivity contribution is 5.95. The van der Waals surface area contributed by atoms with Gasteiger partial charge in [0.05, 0.1) is 0 Å². The molecule has 0 aromatic carbocycles. The first-order valence-electron chi connectivity index (χ1n) is 9.92. The van der Waals surface area contributed by atoms with Crippen LogP contribution in [0.3, 0.4) is 0 Å². The van der Waals surface area contributed by atoms with Gasteiger partial charge in [-0.1, -0.05) is 0 Å². The Morgan fingerprint density at radius 3 is 2.88 bits per heavy atom. The minimum absolute atomic E-state index is 0.0877. The number of nitrogens with zero attached hydrogens (tertiary/aromatic N) is 3. The monoisotopic (exact) mass is 354 g/mol. The van der Waals surface area contributed by atoms with Crippen molar-refractivity contribution < 1.29 is 9.21 Å². The Kier molecular flexibility index (Phi) is 4.08. The van der Waals surface area contributed by atoms with Gasteiger partial charge in [0, 0.05) is 55.9 Å². The largest absolute Gasteiger partial charge is 0.440 e. The van der Waals surface area contributed by atoms with E-state index in [1.807, 2.05) is 6.07 Å². The van der Waals surface area contributed by atoms with Crippen LogP contribution in [0.2, 0.25) is 0 Å². The first kappa shape index (κ1) is 16.1. The molecule has 0 saturated carbocycles. The van der Waals surface area contributed by atoms with Crippen molar-refractivity contribution >= 4 is 22.8 Å². The van der Waals surface area contributed by atoms with Gasteiger partial charge in [0.2, 0.25) is 0 Å². The van der Waals surface area contributed by atoms with Crippen LogP contribution in [0, 0.1) is 5.92 Å². The van der Waals surface area contributed by atoms with Crippen LogP contribution in [0.4, 0.5) is 5.88 Å². The van der Waals surface area contributed by atoms with Gasteiger partial charge in [0.15, 0.2) is 5.88 Å². The molecule has 3 atom stereocenters. The summed E-state index contributed by atoms with van der Waals surface area (Å²) in [5.74, 6) is 1.55. The van der Waals surface area contributed by atoms with E-state index in [0.717, 1.165) is 48.8 Å². The highest BCUT2D eigenvalue weighted by Crippen LogP contribution is 2.29. The minimum atomic E-state index is -0.0877. The third kappa shape index (κ3) is 3.07. The van der Waals surface area contributed by atoms with Crippen molar-refractivity contribution in [3.05, 3.63) is 24.0 Å². The molecule has 6 nitrogen and oxygen atoms in total. The van der Waals surface area contributed by atoms with E-state index in [-0.39, 0.29) is 11.9 Å². The van der Waals surface area contributed by atoms with Crippen LogP contribution in [0.15, 0.2) is 22.7 Å². The predicted octanol–water partition coefficient (Wildman–Crippen LogP) is 2.64. The van der Waals surface area contributed by atoms with Crippen molar-refractivity contribution in [3.63, 3.8) is 0 Å². The first-order valence-corrected chi connectivity index (χ1v) is 9.92. The average Bonchev–Trinajstić information content (AvgIpc) is 3.24. The molecule has 1 N–H and O–H groups in total. The van der Waals surface area contributed by atoms with Crippen molar-refractivity contribution in [2.45, 2.75) is 38.1 Å². The second-order valence-electron chi connectivity index (χ2n) is 8.06. The summed E-state index contributed by atoms with van der Waals surface area (Å²) in [6, 6.07) is 4.07. The SMILES string of the molecule is O=C(N[C@@H]1CC2CCN(C2)C1)c1cc2oc(N3CCCCC3)cc2cn1. The summed E-state index contributed by atoms with van der Waals surface area (Å²) in [6.45, 7) is 5.42. The molecule has 3 aliphatic rings. The van der Waals surface area contributed by atoms with Crippen molar-refractivity contribution in [2.75, 3.05) is 37.6 Å². The highest BCUT2D eigenvalue weighted by Gasteiger charge is 2.33. The summed E-state index contributed by atoms with van der Waals surface area (Å²) in [6.07, 6.45) is 7.83. The molecule has 2 bridgehead atoms. The number of carbonyl (C=O) groups excluding carboxylic acids is 1. The fourth-order valence-corrected chi connectivity index (χ4v) is 4.74. The van der Waals surface area contributed by atoms with Crippen LogP contribution in [0.1, 0.15) is 42.6 Å². The van der Waals surface area contributed by atoms with Gasteiger partial charge >= 0.3 is 0 Å². The number of hydrogen-bond acceptors (Lipinski definition) is 5. The number of anilines is 1. The molecule has 6 heteroatoms. The number of pyridine rings is 1. The zero-order valence-corrected chi connectivity index (χ0v) is 15.1. The summed E-state index contributed by atoms with van der Waals surface area (Å²) >= 11 is 0. The number of amides is 1. The van der Waals surface area contributed by atoms with Gasteiger partial charge in [-0.15, -0.1) is 0 Å². The minimum Gasteiger partial charge on any atom is -0.440 e. The molecule has 138 valence electrons. The smallest absolute Gasteiger partial charge is 0.270 e. The Balaban J connectivity index is 1.31. The van der Waals surface area contributed by atoms with Gasteiger partial charge in [-0.05, 0) is 44.6 Å². The molecule has 3 aliphatic heterocycles.